The first-order valence-corrected chi connectivity index (χ1v) is 15.7. The molecule has 0 saturated heterocycles. The van der Waals surface area contributed by atoms with Gasteiger partial charge in [-0.1, -0.05) is 42.2 Å². The van der Waals surface area contributed by atoms with Crippen molar-refractivity contribution in [2.75, 3.05) is 17.2 Å². The Labute approximate surface area is 218 Å². The van der Waals surface area contributed by atoms with E-state index in [0.29, 0.717) is 13.0 Å². The zero-order valence-electron chi connectivity index (χ0n) is 19.6. The van der Waals surface area contributed by atoms with Crippen LogP contribution in [0.3, 0.4) is 0 Å². The molecule has 0 amide bonds. The predicted octanol–water partition coefficient (Wildman–Crippen LogP) is 6.95. The second-order valence-corrected chi connectivity index (χ2v) is 13.0. The number of thioether (sulfide) groups is 1. The molecular weight excluding hydrogens is 517 g/mol. The van der Waals surface area contributed by atoms with E-state index < -0.39 is 10.1 Å². The van der Waals surface area contributed by atoms with Gasteiger partial charge in [0, 0.05) is 28.6 Å². The van der Waals surface area contributed by atoms with E-state index in [0.717, 1.165) is 23.5 Å². The summed E-state index contributed by atoms with van der Waals surface area (Å²) in [6.45, 7) is 5.77. The van der Waals surface area contributed by atoms with Gasteiger partial charge in [0.05, 0.1) is 21.9 Å². The quantitative estimate of drug-likeness (QED) is 0.192. The van der Waals surface area contributed by atoms with Crippen LogP contribution in [0.25, 0.3) is 26.4 Å². The Kier molecular flexibility index (Phi) is 7.05. The normalized spacial score (nSPS) is 15.6. The number of fused-ring (bicyclic) bond motifs is 4. The van der Waals surface area contributed by atoms with Crippen LogP contribution in [-0.2, 0) is 16.7 Å². The molecule has 1 aliphatic rings. The first-order valence-electron chi connectivity index (χ1n) is 11.6. The molecule has 2 aromatic carbocycles. The van der Waals surface area contributed by atoms with Gasteiger partial charge in [-0.05, 0) is 60.7 Å². The Morgan fingerprint density at radius 3 is 2.69 bits per heavy atom. The van der Waals surface area contributed by atoms with Crippen molar-refractivity contribution in [3.8, 4) is 0 Å². The predicted molar refractivity (Wildman–Crippen MR) is 150 cm³/mol. The van der Waals surface area contributed by atoms with E-state index in [1.165, 1.54) is 36.0 Å². The highest BCUT2D eigenvalue weighted by Crippen LogP contribution is 2.46. The van der Waals surface area contributed by atoms with Gasteiger partial charge in [0.2, 0.25) is 5.52 Å². The lowest BCUT2D eigenvalue weighted by Crippen LogP contribution is -2.36. The van der Waals surface area contributed by atoms with Crippen molar-refractivity contribution in [3.05, 3.63) is 69.5 Å². The third-order valence-corrected chi connectivity index (χ3v) is 9.98. The van der Waals surface area contributed by atoms with Gasteiger partial charge in [-0.2, -0.15) is 13.0 Å². The summed E-state index contributed by atoms with van der Waals surface area (Å²) in [5, 5.41) is 5.59. The number of aromatic nitrogens is 1. The van der Waals surface area contributed by atoms with Crippen LogP contribution in [0.15, 0.2) is 69.4 Å². The Bertz CT molecular complexity index is 1560. The van der Waals surface area contributed by atoms with Crippen LogP contribution in [-0.4, -0.2) is 25.3 Å². The third-order valence-electron chi connectivity index (χ3n) is 6.08. The Balaban J connectivity index is 1.58. The number of anilines is 1. The Hall–Kier alpha value is -2.17. The van der Waals surface area contributed by atoms with Gasteiger partial charge in [0.25, 0.3) is 15.1 Å². The highest BCUT2D eigenvalue weighted by Gasteiger charge is 2.25. The number of nitrogens with zero attached hydrogens (tertiary/aromatic N) is 2. The van der Waals surface area contributed by atoms with Crippen LogP contribution in [0.4, 0.5) is 5.69 Å². The highest BCUT2D eigenvalue weighted by molar-refractivity contribution is 8.03. The van der Waals surface area contributed by atoms with Crippen molar-refractivity contribution in [3.63, 3.8) is 0 Å². The number of hydrogen-bond donors (Lipinski definition) is 1. The molecule has 5 rings (SSSR count). The van der Waals surface area contributed by atoms with Crippen molar-refractivity contribution in [1.82, 2.24) is 0 Å². The molecule has 4 aromatic rings. The van der Waals surface area contributed by atoms with Crippen LogP contribution >= 0.6 is 34.4 Å². The molecule has 0 bridgehead atoms. The molecule has 35 heavy (non-hydrogen) atoms. The number of benzene rings is 2. The number of para-hydroxylation sites is 1. The summed E-state index contributed by atoms with van der Waals surface area (Å²) < 4.78 is 36.6. The molecule has 0 atom stereocenters. The second-order valence-electron chi connectivity index (χ2n) is 8.35. The molecule has 1 N–H and O–H groups in total. The van der Waals surface area contributed by atoms with Gasteiger partial charge in [0.15, 0.2) is 6.54 Å². The number of thiazole rings is 1. The number of hydrogen-bond acceptors (Lipinski definition) is 6. The Morgan fingerprint density at radius 1 is 1.11 bits per heavy atom. The number of allylic oxidation sites excluding steroid dienone is 2. The van der Waals surface area contributed by atoms with Gasteiger partial charge in [-0.25, -0.2) is 0 Å². The standard InChI is InChI=1S/C26H26N2O3S4/c1-3-18(16-24-27(4-2)20-8-5-6-9-22(20)33-24)17-25-28(13-7-15-35(29,30)31)26-19-12-14-32-21(19)10-11-23(26)34-25/h5-6,8-12,14,16-17H,3-4,7,13,15H2,1-2H3/p+1. The molecule has 9 heteroatoms. The molecule has 0 spiro atoms. The molecule has 1 aliphatic heterocycles. The minimum atomic E-state index is -3.99. The molecule has 5 nitrogen and oxygen atoms in total. The summed E-state index contributed by atoms with van der Waals surface area (Å²) in [5.41, 5.74) is 3.61. The molecular formula is C26H27N2O3S4+. The molecule has 0 radical (unpaired) electrons. The maximum Gasteiger partial charge on any atom is 0.265 e. The van der Waals surface area contributed by atoms with Gasteiger partial charge in [-0.15, -0.1) is 11.3 Å². The lowest BCUT2D eigenvalue weighted by atomic mass is 10.2. The zero-order valence-corrected chi connectivity index (χ0v) is 22.9. The van der Waals surface area contributed by atoms with Crippen LogP contribution < -0.4 is 9.47 Å². The summed E-state index contributed by atoms with van der Waals surface area (Å²) in [5.74, 6) is -0.245. The summed E-state index contributed by atoms with van der Waals surface area (Å²) in [7, 11) is -3.99. The fourth-order valence-corrected chi connectivity index (χ4v) is 8.10. The van der Waals surface area contributed by atoms with Crippen LogP contribution in [0, 0.1) is 0 Å². The summed E-state index contributed by atoms with van der Waals surface area (Å²) in [6, 6.07) is 14.9. The number of rotatable bonds is 8. The average Bonchev–Trinajstić information content (AvgIpc) is 3.52. The minimum Gasteiger partial charge on any atom is -0.335 e. The van der Waals surface area contributed by atoms with Gasteiger partial charge < -0.3 is 4.90 Å². The van der Waals surface area contributed by atoms with Crippen molar-refractivity contribution in [2.45, 2.75) is 38.1 Å². The zero-order chi connectivity index (χ0) is 24.6. The van der Waals surface area contributed by atoms with E-state index >= 15 is 0 Å². The topological polar surface area (TPSA) is 61.5 Å². The first kappa shape index (κ1) is 24.5. The summed E-state index contributed by atoms with van der Waals surface area (Å²) in [4.78, 5) is 3.63. The van der Waals surface area contributed by atoms with Crippen LogP contribution in [0.2, 0.25) is 0 Å². The van der Waals surface area contributed by atoms with Gasteiger partial charge in [0.1, 0.15) is 4.70 Å². The molecule has 0 aliphatic carbocycles. The van der Waals surface area contributed by atoms with Gasteiger partial charge >= 0.3 is 0 Å². The molecule has 3 heterocycles. The first-order chi connectivity index (χ1) is 16.9. The van der Waals surface area contributed by atoms with E-state index in [-0.39, 0.29) is 5.75 Å². The van der Waals surface area contributed by atoms with E-state index in [4.69, 9.17) is 0 Å². The monoisotopic (exact) mass is 543 g/mol. The van der Waals surface area contributed by atoms with E-state index in [9.17, 15) is 13.0 Å². The van der Waals surface area contributed by atoms with Crippen LogP contribution in [0.1, 0.15) is 31.7 Å². The molecule has 2 aromatic heterocycles. The highest BCUT2D eigenvalue weighted by atomic mass is 32.2. The second kappa shape index (κ2) is 10.1. The van der Waals surface area contributed by atoms with Crippen molar-refractivity contribution < 1.29 is 17.5 Å². The maximum atomic E-state index is 11.4. The van der Waals surface area contributed by atoms with Crippen molar-refractivity contribution in [2.24, 2.45) is 0 Å². The molecule has 0 unspecified atom stereocenters. The minimum absolute atomic E-state index is 0.245. The molecule has 182 valence electrons. The van der Waals surface area contributed by atoms with Crippen molar-refractivity contribution in [1.29, 1.82) is 0 Å². The van der Waals surface area contributed by atoms with Gasteiger partial charge in [-0.3, -0.25) is 4.55 Å². The summed E-state index contributed by atoms with van der Waals surface area (Å²) >= 11 is 5.23. The third kappa shape index (κ3) is 5.06. The lowest BCUT2D eigenvalue weighted by Gasteiger charge is -2.18. The largest absolute Gasteiger partial charge is 0.335 e. The number of aryl methyl sites for hydroxylation is 1. The van der Waals surface area contributed by atoms with E-state index in [1.807, 2.05) is 0 Å². The van der Waals surface area contributed by atoms with E-state index in [1.54, 1.807) is 34.4 Å². The Morgan fingerprint density at radius 2 is 1.91 bits per heavy atom. The fraction of sp³-hybridized carbons (Fsp3) is 0.269. The van der Waals surface area contributed by atoms with Crippen molar-refractivity contribution >= 4 is 76.6 Å². The maximum absolute atomic E-state index is 11.4. The molecule has 0 fully saturated rings. The van der Waals surface area contributed by atoms with E-state index in [2.05, 4.69) is 83.3 Å². The fourth-order valence-electron chi connectivity index (χ4n) is 4.43. The smallest absolute Gasteiger partial charge is 0.265 e. The van der Waals surface area contributed by atoms with Crippen LogP contribution in [0.5, 0.6) is 0 Å². The molecule has 0 saturated carbocycles. The summed E-state index contributed by atoms with van der Waals surface area (Å²) in [6.07, 6.45) is 5.75. The average molecular weight is 544 g/mol. The SMILES string of the molecule is CCC(=Cc1sc2ccc3sccc3c2[n+]1CCCS(=O)(=O)O)C=C1Sc2ccccc2N1CC. The number of thiophene rings is 1. The lowest BCUT2D eigenvalue weighted by molar-refractivity contribution is -0.667.